The lowest BCUT2D eigenvalue weighted by molar-refractivity contribution is 0.0496. The molecule has 84 valence electrons. The van der Waals surface area contributed by atoms with E-state index in [0.29, 0.717) is 5.02 Å². The summed E-state index contributed by atoms with van der Waals surface area (Å²) < 4.78 is 8.39. The Balaban J connectivity index is 2.18. The molecule has 0 bridgehead atoms. The van der Waals surface area contributed by atoms with Crippen LogP contribution in [0.25, 0.3) is 11.0 Å². The van der Waals surface area contributed by atoms with Gasteiger partial charge in [0.05, 0.1) is 10.4 Å². The highest BCUT2D eigenvalue weighted by Gasteiger charge is 2.22. The monoisotopic (exact) mass is 349 g/mol. The molecule has 4 nitrogen and oxygen atoms in total. The normalized spacial score (nSPS) is 20.8. The molecule has 0 N–H and O–H groups in total. The first-order chi connectivity index (χ1) is 7.75. The molecule has 1 fully saturated rings. The van der Waals surface area contributed by atoms with Crippen LogP contribution in [0.4, 0.5) is 0 Å². The van der Waals surface area contributed by atoms with Crippen LogP contribution in [0, 0.1) is 3.70 Å². The van der Waals surface area contributed by atoms with Gasteiger partial charge in [-0.3, -0.25) is 0 Å². The third-order valence-corrected chi connectivity index (χ3v) is 3.65. The summed E-state index contributed by atoms with van der Waals surface area (Å²) in [6.45, 7) is 0.802. The fourth-order valence-corrected chi connectivity index (χ4v) is 2.70. The van der Waals surface area contributed by atoms with Gasteiger partial charge in [0, 0.05) is 12.8 Å². The molecular weight excluding hydrogens is 340 g/mol. The topological polar surface area (TPSA) is 39.9 Å². The van der Waals surface area contributed by atoms with E-state index in [1.54, 1.807) is 6.20 Å². The van der Waals surface area contributed by atoms with Gasteiger partial charge in [0.2, 0.25) is 0 Å². The Morgan fingerprint density at radius 1 is 1.56 bits per heavy atom. The van der Waals surface area contributed by atoms with Crippen molar-refractivity contribution in [3.8, 4) is 0 Å². The molecule has 3 rings (SSSR count). The number of hydrogen-bond acceptors (Lipinski definition) is 3. The van der Waals surface area contributed by atoms with Crippen LogP contribution in [0.2, 0.25) is 5.02 Å². The minimum absolute atomic E-state index is 0.0275. The second-order valence-corrected chi connectivity index (χ2v) is 5.19. The first-order valence-corrected chi connectivity index (χ1v) is 6.52. The van der Waals surface area contributed by atoms with Crippen LogP contribution in [0.1, 0.15) is 19.1 Å². The van der Waals surface area contributed by atoms with Gasteiger partial charge in [0.15, 0.2) is 11.9 Å². The van der Waals surface area contributed by atoms with Crippen LogP contribution >= 0.6 is 34.2 Å². The average molecular weight is 350 g/mol. The van der Waals surface area contributed by atoms with Crippen LogP contribution in [-0.4, -0.2) is 21.4 Å². The van der Waals surface area contributed by atoms with Crippen LogP contribution in [0.15, 0.2) is 12.3 Å². The molecular formula is C10H9ClIN3O. The highest BCUT2D eigenvalue weighted by molar-refractivity contribution is 14.1. The predicted octanol–water partition coefficient (Wildman–Crippen LogP) is 3.00. The van der Waals surface area contributed by atoms with Crippen molar-refractivity contribution in [2.75, 3.05) is 6.61 Å². The van der Waals surface area contributed by atoms with Crippen molar-refractivity contribution in [1.29, 1.82) is 0 Å². The maximum atomic E-state index is 5.93. The molecule has 0 spiro atoms. The van der Waals surface area contributed by atoms with Crippen LogP contribution in [-0.2, 0) is 4.74 Å². The van der Waals surface area contributed by atoms with E-state index in [9.17, 15) is 0 Å². The number of hydrogen-bond donors (Lipinski definition) is 0. The van der Waals surface area contributed by atoms with E-state index in [-0.39, 0.29) is 6.23 Å². The van der Waals surface area contributed by atoms with Crippen molar-refractivity contribution < 1.29 is 4.74 Å². The van der Waals surface area contributed by atoms with Gasteiger partial charge in [-0.05, 0) is 41.5 Å². The van der Waals surface area contributed by atoms with Gasteiger partial charge in [0.1, 0.15) is 3.70 Å². The standard InChI is InChI=1S/C10H9ClIN3O/c11-6-4-7-9(12)14-15(10(7)13-5-6)8-2-1-3-16-8/h4-5,8H,1-3H2. The Morgan fingerprint density at radius 3 is 3.19 bits per heavy atom. The molecule has 1 unspecified atom stereocenters. The van der Waals surface area contributed by atoms with Crippen molar-refractivity contribution >= 4 is 45.2 Å². The molecule has 1 saturated heterocycles. The van der Waals surface area contributed by atoms with Crippen molar-refractivity contribution in [2.24, 2.45) is 0 Å². The fourth-order valence-electron chi connectivity index (χ4n) is 1.92. The lowest BCUT2D eigenvalue weighted by Crippen LogP contribution is -2.09. The Labute approximate surface area is 111 Å². The minimum atomic E-state index is 0.0275. The summed E-state index contributed by atoms with van der Waals surface area (Å²) in [6, 6.07) is 1.89. The van der Waals surface area contributed by atoms with E-state index in [1.165, 1.54) is 0 Å². The summed E-state index contributed by atoms with van der Waals surface area (Å²) in [7, 11) is 0. The lowest BCUT2D eigenvalue weighted by atomic mass is 10.3. The third-order valence-electron chi connectivity index (χ3n) is 2.65. The maximum Gasteiger partial charge on any atom is 0.161 e. The van der Waals surface area contributed by atoms with Crippen molar-refractivity contribution in [3.63, 3.8) is 0 Å². The zero-order chi connectivity index (χ0) is 11.1. The molecule has 16 heavy (non-hydrogen) atoms. The molecule has 0 amide bonds. The van der Waals surface area contributed by atoms with Gasteiger partial charge < -0.3 is 4.74 Å². The van der Waals surface area contributed by atoms with Gasteiger partial charge in [-0.25, -0.2) is 9.67 Å². The Kier molecular flexibility index (Phi) is 2.76. The van der Waals surface area contributed by atoms with E-state index < -0.39 is 0 Å². The van der Waals surface area contributed by atoms with Gasteiger partial charge in [-0.2, -0.15) is 5.10 Å². The second kappa shape index (κ2) is 4.12. The Bertz CT molecular complexity index is 536. The van der Waals surface area contributed by atoms with E-state index in [1.807, 2.05) is 10.7 Å². The SMILES string of the molecule is Clc1cnc2c(c1)c(I)nn2C1CCCO1. The first kappa shape index (κ1) is 10.7. The quantitative estimate of drug-likeness (QED) is 0.743. The number of aromatic nitrogens is 3. The number of pyridine rings is 1. The van der Waals surface area contributed by atoms with Crippen molar-refractivity contribution in [2.45, 2.75) is 19.1 Å². The van der Waals surface area contributed by atoms with E-state index in [0.717, 1.165) is 34.2 Å². The summed E-state index contributed by atoms with van der Waals surface area (Å²) in [5.41, 5.74) is 0.848. The summed E-state index contributed by atoms with van der Waals surface area (Å²) in [5.74, 6) is 0. The van der Waals surface area contributed by atoms with Crippen molar-refractivity contribution in [3.05, 3.63) is 21.0 Å². The predicted molar refractivity (Wildman–Crippen MR) is 69.5 cm³/mol. The number of ether oxygens (including phenoxy) is 1. The van der Waals surface area contributed by atoms with E-state index in [2.05, 4.69) is 32.7 Å². The average Bonchev–Trinajstić information content (AvgIpc) is 2.87. The molecule has 6 heteroatoms. The molecule has 0 saturated carbocycles. The minimum Gasteiger partial charge on any atom is -0.356 e. The Morgan fingerprint density at radius 2 is 2.44 bits per heavy atom. The van der Waals surface area contributed by atoms with E-state index in [4.69, 9.17) is 16.3 Å². The second-order valence-electron chi connectivity index (χ2n) is 3.73. The summed E-state index contributed by atoms with van der Waals surface area (Å²) in [4.78, 5) is 4.33. The number of nitrogens with zero attached hydrogens (tertiary/aromatic N) is 3. The molecule has 0 aliphatic carbocycles. The third kappa shape index (κ3) is 1.70. The number of fused-ring (bicyclic) bond motifs is 1. The van der Waals surface area contributed by atoms with Gasteiger partial charge in [-0.15, -0.1) is 0 Å². The zero-order valence-corrected chi connectivity index (χ0v) is 11.3. The maximum absolute atomic E-state index is 5.93. The molecule has 2 aromatic heterocycles. The smallest absolute Gasteiger partial charge is 0.161 e. The van der Waals surface area contributed by atoms with Crippen LogP contribution in [0.3, 0.4) is 0 Å². The fraction of sp³-hybridized carbons (Fsp3) is 0.400. The summed E-state index contributed by atoms with van der Waals surface area (Å²) in [5, 5.41) is 6.10. The van der Waals surface area contributed by atoms with Crippen LogP contribution < -0.4 is 0 Å². The van der Waals surface area contributed by atoms with Gasteiger partial charge in [0.25, 0.3) is 0 Å². The van der Waals surface area contributed by atoms with Gasteiger partial charge >= 0.3 is 0 Å². The largest absolute Gasteiger partial charge is 0.356 e. The van der Waals surface area contributed by atoms with E-state index >= 15 is 0 Å². The molecule has 2 aromatic rings. The Hall–Kier alpha value is -0.400. The summed E-state index contributed by atoms with van der Waals surface area (Å²) >= 11 is 8.12. The van der Waals surface area contributed by atoms with Crippen molar-refractivity contribution in [1.82, 2.24) is 14.8 Å². The molecule has 1 aliphatic heterocycles. The molecule has 0 radical (unpaired) electrons. The lowest BCUT2D eigenvalue weighted by Gasteiger charge is -2.09. The zero-order valence-electron chi connectivity index (χ0n) is 8.36. The number of rotatable bonds is 1. The first-order valence-electron chi connectivity index (χ1n) is 5.06. The molecule has 1 aliphatic rings. The highest BCUT2D eigenvalue weighted by Crippen LogP contribution is 2.29. The highest BCUT2D eigenvalue weighted by atomic mass is 127. The molecule has 0 aromatic carbocycles. The van der Waals surface area contributed by atoms with Crippen LogP contribution in [0.5, 0.6) is 0 Å². The van der Waals surface area contributed by atoms with Gasteiger partial charge in [-0.1, -0.05) is 11.6 Å². The number of halogens is 2. The summed E-state index contributed by atoms with van der Waals surface area (Å²) in [6.07, 6.45) is 3.75. The molecule has 1 atom stereocenters. The molecule has 3 heterocycles.